The van der Waals surface area contributed by atoms with Crippen molar-refractivity contribution in [1.82, 2.24) is 0 Å². The van der Waals surface area contributed by atoms with Crippen LogP contribution < -0.4 is 60.2 Å². The van der Waals surface area contributed by atoms with Crippen molar-refractivity contribution in [3.63, 3.8) is 0 Å². The van der Waals surface area contributed by atoms with Crippen molar-refractivity contribution in [3.05, 3.63) is 127 Å². The van der Waals surface area contributed by atoms with Gasteiger partial charge < -0.3 is 47.0 Å². The summed E-state index contributed by atoms with van der Waals surface area (Å²) in [6.45, 7) is 53.8. The third-order valence-electron chi connectivity index (χ3n) is 17.8. The normalized spacial score (nSPS) is 13.1. The van der Waals surface area contributed by atoms with Crippen LogP contribution in [0.25, 0.3) is 11.1 Å². The van der Waals surface area contributed by atoms with Crippen LogP contribution in [-0.2, 0) is 71.5 Å². The van der Waals surface area contributed by atoms with Crippen molar-refractivity contribution in [3.8, 4) is 45.6 Å². The number of esters is 2. The topological polar surface area (TPSA) is 142 Å². The highest BCUT2D eigenvalue weighted by Gasteiger charge is 2.46. The summed E-state index contributed by atoms with van der Waals surface area (Å²) in [5, 5.41) is 2.28. The SMILES string of the molecule is CCOC(=O)CCOc1c(Cl)ccc(P(=O)(c2cc(C(C)(C)C)c(OC)c(C(C)(C)C)c2)c2cc(C(C)(C)C)c(OC)c(C(C)(C)C)c2)c1-c1c(P(=O)(c2cc(C(C)(C)C)c(OC)c(C(C)(C)C)c2)c2cc(C(C)(C)C)c(OC)c(C(C)(C)C)c2)ccc(Cl)c1OCCC(=O)OCC. The van der Waals surface area contributed by atoms with Gasteiger partial charge in [-0.25, -0.2) is 0 Å². The van der Waals surface area contributed by atoms with E-state index >= 15 is 9.13 Å². The van der Waals surface area contributed by atoms with E-state index in [1.807, 2.05) is 48.5 Å². The summed E-state index contributed by atoms with van der Waals surface area (Å²) in [5.41, 5.74) is 1.87. The van der Waals surface area contributed by atoms with Gasteiger partial charge >= 0.3 is 11.9 Å². The fraction of sp³-hybridized carbons (Fsp3) is 0.537. The summed E-state index contributed by atoms with van der Waals surface area (Å²) in [7, 11) is -2.55. The van der Waals surface area contributed by atoms with Gasteiger partial charge in [0.15, 0.2) is 14.3 Å². The van der Waals surface area contributed by atoms with E-state index in [1.165, 1.54) is 0 Å². The largest absolute Gasteiger partial charge is 0.496 e. The summed E-state index contributed by atoms with van der Waals surface area (Å²) in [6.07, 6.45) is -0.428. The molecule has 538 valence electrons. The smallest absolute Gasteiger partial charge is 0.309 e. The van der Waals surface area contributed by atoms with E-state index < -0.39 is 69.5 Å². The Morgan fingerprint density at radius 3 is 0.694 bits per heavy atom. The molecule has 0 aliphatic heterocycles. The number of methoxy groups -OCH3 is 4. The average Bonchev–Trinajstić information content (AvgIpc) is 0.706. The maximum Gasteiger partial charge on any atom is 0.309 e. The molecular weight excluding hydrogens is 1310 g/mol. The van der Waals surface area contributed by atoms with Gasteiger partial charge in [-0.15, -0.1) is 0 Å². The molecule has 0 atom stereocenters. The van der Waals surface area contributed by atoms with Gasteiger partial charge in [0.05, 0.1) is 77.8 Å². The highest BCUT2D eigenvalue weighted by atomic mass is 35.5. The summed E-state index contributed by atoms with van der Waals surface area (Å²) < 4.78 is 89.9. The monoisotopic (exact) mass is 1420 g/mol. The summed E-state index contributed by atoms with van der Waals surface area (Å²) in [4.78, 5) is 27.2. The van der Waals surface area contributed by atoms with Crippen molar-refractivity contribution < 1.29 is 56.6 Å². The second-order valence-corrected chi connectivity index (χ2v) is 40.1. The Balaban J connectivity index is 2.20. The first kappa shape index (κ1) is 81.1. The zero-order valence-electron chi connectivity index (χ0n) is 64.7. The van der Waals surface area contributed by atoms with Gasteiger partial charge in [0, 0.05) is 87.5 Å². The molecule has 0 aliphatic carbocycles. The highest BCUT2D eigenvalue weighted by molar-refractivity contribution is 7.86. The van der Waals surface area contributed by atoms with Crippen LogP contribution in [0.1, 0.15) is 237 Å². The van der Waals surface area contributed by atoms with Crippen LogP contribution in [0.15, 0.2) is 72.8 Å². The predicted molar refractivity (Wildman–Crippen MR) is 410 cm³/mol. The number of rotatable bonds is 21. The molecule has 0 saturated heterocycles. The van der Waals surface area contributed by atoms with Crippen molar-refractivity contribution in [2.75, 3.05) is 54.9 Å². The average molecular weight is 1420 g/mol. The molecule has 0 unspecified atom stereocenters. The second-order valence-electron chi connectivity index (χ2n) is 33.9. The second kappa shape index (κ2) is 29.6. The Hall–Kier alpha value is -5.90. The lowest BCUT2D eigenvalue weighted by Crippen LogP contribution is -2.34. The van der Waals surface area contributed by atoms with Crippen LogP contribution in [0.3, 0.4) is 0 Å². The fourth-order valence-electron chi connectivity index (χ4n) is 12.7. The first-order chi connectivity index (χ1) is 44.8. The van der Waals surface area contributed by atoms with E-state index in [4.69, 9.17) is 61.1 Å². The lowest BCUT2D eigenvalue weighted by molar-refractivity contribution is -0.144. The summed E-state index contributed by atoms with van der Waals surface area (Å²) >= 11 is 15.6. The Morgan fingerprint density at radius 2 is 0.531 bits per heavy atom. The molecule has 0 radical (unpaired) electrons. The molecule has 0 heterocycles. The number of ether oxygens (including phenoxy) is 8. The summed E-state index contributed by atoms with van der Waals surface area (Å²) in [6, 6.07) is 22.9. The minimum absolute atomic E-state index is 0.0128. The van der Waals surface area contributed by atoms with E-state index in [1.54, 1.807) is 66.6 Å². The molecule has 6 rings (SSSR count). The Bertz CT molecular complexity index is 3470. The van der Waals surface area contributed by atoms with E-state index in [9.17, 15) is 9.59 Å². The molecular formula is C82H114Cl2O12P2. The number of hydrogen-bond acceptors (Lipinski definition) is 12. The standard InChI is InChI=1S/C82H114Cl2O12P2/c1-31-93-65(85)37-39-95-73-61(83)33-35-63(97(87,49-41-53(75(3,4)5)69(89-27)54(42-49)76(6,7)8)50-43-55(77(9,10)11)70(90-28)56(44-50)78(12,13)14)67(73)68-64(36-34-62(84)74(68)96-40-38-66(86)94-32-2)98(88,51-45-57(79(15,16)17)71(91-29)58(46-51)80(18,19)20)52-47-59(81(21,22)23)72(92-30)60(48-52)82(24,25)26/h33-36,41-48H,31-32,37-40H2,1-30H3. The van der Waals surface area contributed by atoms with Gasteiger partial charge in [0.1, 0.15) is 34.5 Å². The van der Waals surface area contributed by atoms with Gasteiger partial charge in [0.2, 0.25) is 0 Å². The number of hydrogen-bond donors (Lipinski definition) is 0. The molecule has 12 nitrogen and oxygen atoms in total. The maximum atomic E-state index is 19.4. The van der Waals surface area contributed by atoms with Crippen molar-refractivity contribution in [1.29, 1.82) is 0 Å². The van der Waals surface area contributed by atoms with Crippen LogP contribution in [0.4, 0.5) is 0 Å². The Labute approximate surface area is 598 Å². The van der Waals surface area contributed by atoms with E-state index in [0.29, 0.717) is 44.2 Å². The van der Waals surface area contributed by atoms with Gasteiger partial charge in [-0.05, 0) is 130 Å². The lowest BCUT2D eigenvalue weighted by atomic mass is 9.79. The van der Waals surface area contributed by atoms with Crippen LogP contribution in [0.2, 0.25) is 10.0 Å². The van der Waals surface area contributed by atoms with Crippen molar-refractivity contribution in [2.24, 2.45) is 0 Å². The third-order valence-corrected chi connectivity index (χ3v) is 24.5. The van der Waals surface area contributed by atoms with Gasteiger partial charge in [0.25, 0.3) is 0 Å². The quantitative estimate of drug-likeness (QED) is 0.0500. The van der Waals surface area contributed by atoms with Crippen LogP contribution in [-0.4, -0.2) is 66.8 Å². The first-order valence-corrected chi connectivity index (χ1v) is 38.4. The highest BCUT2D eigenvalue weighted by Crippen LogP contribution is 2.59. The molecule has 0 N–H and O–H groups in total. The number of halogens is 2. The Kier molecular flexibility index (Phi) is 24.5. The number of benzene rings is 6. The number of carbonyl (C=O) groups is 2. The molecule has 0 spiro atoms. The van der Waals surface area contributed by atoms with Gasteiger partial charge in [-0.1, -0.05) is 189 Å². The van der Waals surface area contributed by atoms with Crippen LogP contribution in [0.5, 0.6) is 34.5 Å². The zero-order chi connectivity index (χ0) is 74.4. The molecule has 0 bridgehead atoms. The molecule has 0 aromatic heterocycles. The molecule has 98 heavy (non-hydrogen) atoms. The minimum Gasteiger partial charge on any atom is -0.496 e. The Morgan fingerprint density at radius 1 is 0.337 bits per heavy atom. The molecule has 16 heteroatoms. The molecule has 6 aromatic carbocycles. The third kappa shape index (κ3) is 16.8. The van der Waals surface area contributed by atoms with Crippen molar-refractivity contribution >= 4 is 81.3 Å². The fourth-order valence-corrected chi connectivity index (χ4v) is 18.9. The van der Waals surface area contributed by atoms with Crippen LogP contribution >= 0.6 is 37.5 Å². The predicted octanol–water partition coefficient (Wildman–Crippen LogP) is 19.0. The van der Waals surface area contributed by atoms with E-state index in [0.717, 1.165) is 44.5 Å². The van der Waals surface area contributed by atoms with Gasteiger partial charge in [-0.3, -0.25) is 9.59 Å². The zero-order valence-corrected chi connectivity index (χ0v) is 68.0. The molecule has 0 amide bonds. The maximum absolute atomic E-state index is 19.4. The van der Waals surface area contributed by atoms with E-state index in [2.05, 4.69) is 166 Å². The summed E-state index contributed by atoms with van der Waals surface area (Å²) in [5.74, 6) is 1.54. The number of carbonyl (C=O) groups excluding carboxylic acids is 2. The molecule has 0 aliphatic rings. The molecule has 0 fully saturated rings. The molecule has 6 aromatic rings. The van der Waals surface area contributed by atoms with Crippen molar-refractivity contribution in [2.45, 2.75) is 236 Å². The van der Waals surface area contributed by atoms with Crippen LogP contribution in [0, 0.1) is 0 Å². The lowest BCUT2D eigenvalue weighted by Gasteiger charge is -2.35. The first-order valence-electron chi connectivity index (χ1n) is 34.2. The molecule has 0 saturated carbocycles. The van der Waals surface area contributed by atoms with Gasteiger partial charge in [-0.2, -0.15) is 0 Å². The van der Waals surface area contributed by atoms with E-state index in [-0.39, 0.29) is 82.5 Å². The minimum atomic E-state index is -4.61.